The fraction of sp³-hybridized carbons (Fsp3) is 0.0556. The van der Waals surface area contributed by atoms with Crippen LogP contribution < -0.4 is 26.0 Å². The largest absolute Gasteiger partial charge is 0.454 e. The second-order valence-electron chi connectivity index (χ2n) is 5.77. The van der Waals surface area contributed by atoms with Crippen molar-refractivity contribution in [3.63, 3.8) is 0 Å². The van der Waals surface area contributed by atoms with Crippen LogP contribution in [0.15, 0.2) is 52.2 Å². The summed E-state index contributed by atoms with van der Waals surface area (Å²) in [5.41, 5.74) is -1.61. The van der Waals surface area contributed by atoms with Gasteiger partial charge in [0.1, 0.15) is 11.4 Å². The monoisotopic (exact) mass is 403 g/mol. The highest BCUT2D eigenvalue weighted by molar-refractivity contribution is 6.30. The minimum absolute atomic E-state index is 0.0235. The summed E-state index contributed by atoms with van der Waals surface area (Å²) in [6, 6.07) is 8.08. The van der Waals surface area contributed by atoms with Crippen molar-refractivity contribution >= 4 is 23.2 Å². The lowest BCUT2D eigenvalue weighted by molar-refractivity contribution is 0.102. The molecule has 0 unspecified atom stereocenters. The van der Waals surface area contributed by atoms with E-state index >= 15 is 0 Å². The van der Waals surface area contributed by atoms with E-state index in [4.69, 9.17) is 21.1 Å². The van der Waals surface area contributed by atoms with Crippen LogP contribution in [0.3, 0.4) is 0 Å². The lowest BCUT2D eigenvalue weighted by atomic mass is 10.2. The van der Waals surface area contributed by atoms with Gasteiger partial charge in [0, 0.05) is 18.0 Å². The third-order valence-corrected chi connectivity index (χ3v) is 4.30. The summed E-state index contributed by atoms with van der Waals surface area (Å²) in [4.78, 5) is 39.7. The van der Waals surface area contributed by atoms with E-state index in [9.17, 15) is 18.8 Å². The number of carbonyl (C=O) groups excluding carboxylic acids is 1. The number of rotatable bonds is 3. The summed E-state index contributed by atoms with van der Waals surface area (Å²) < 4.78 is 24.5. The van der Waals surface area contributed by atoms with E-state index in [1.165, 1.54) is 6.07 Å². The fourth-order valence-corrected chi connectivity index (χ4v) is 2.84. The minimum Gasteiger partial charge on any atom is -0.454 e. The van der Waals surface area contributed by atoms with Gasteiger partial charge >= 0.3 is 5.69 Å². The van der Waals surface area contributed by atoms with E-state index in [1.807, 2.05) is 0 Å². The smallest absolute Gasteiger partial charge is 0.333 e. The lowest BCUT2D eigenvalue weighted by Gasteiger charge is -2.09. The van der Waals surface area contributed by atoms with Gasteiger partial charge in [-0.1, -0.05) is 11.6 Å². The van der Waals surface area contributed by atoms with Crippen LogP contribution in [0.2, 0.25) is 5.02 Å². The summed E-state index contributed by atoms with van der Waals surface area (Å²) in [5, 5.41) is 2.29. The highest BCUT2D eigenvalue weighted by Gasteiger charge is 2.18. The molecule has 0 saturated carbocycles. The van der Waals surface area contributed by atoms with Crippen molar-refractivity contribution in [3.8, 4) is 17.2 Å². The van der Waals surface area contributed by atoms with Crippen LogP contribution in [0.25, 0.3) is 5.69 Å². The van der Waals surface area contributed by atoms with Gasteiger partial charge in [0.15, 0.2) is 11.5 Å². The molecule has 2 N–H and O–H groups in total. The van der Waals surface area contributed by atoms with E-state index in [1.54, 1.807) is 18.2 Å². The maximum absolute atomic E-state index is 13.4. The third-order valence-electron chi connectivity index (χ3n) is 4.01. The number of hydrogen-bond acceptors (Lipinski definition) is 5. The van der Waals surface area contributed by atoms with E-state index in [-0.39, 0.29) is 23.1 Å². The third kappa shape index (κ3) is 3.12. The zero-order valence-corrected chi connectivity index (χ0v) is 14.7. The number of nitrogens with zero attached hydrogens (tertiary/aromatic N) is 1. The molecule has 0 atom stereocenters. The molecule has 2 aromatic carbocycles. The molecule has 1 aromatic heterocycles. The topological polar surface area (TPSA) is 102 Å². The van der Waals surface area contributed by atoms with Crippen molar-refractivity contribution in [2.24, 2.45) is 0 Å². The second kappa shape index (κ2) is 6.86. The van der Waals surface area contributed by atoms with E-state index < -0.39 is 23.0 Å². The number of amides is 1. The zero-order valence-electron chi connectivity index (χ0n) is 14.0. The van der Waals surface area contributed by atoms with Gasteiger partial charge in [-0.15, -0.1) is 0 Å². The molecule has 4 rings (SSSR count). The van der Waals surface area contributed by atoms with Crippen molar-refractivity contribution in [1.82, 2.24) is 9.55 Å². The molecule has 10 heteroatoms. The lowest BCUT2D eigenvalue weighted by Crippen LogP contribution is -2.38. The molecule has 0 fully saturated rings. The summed E-state index contributed by atoms with van der Waals surface area (Å²) in [6.45, 7) is 0.0809. The van der Waals surface area contributed by atoms with Crippen molar-refractivity contribution < 1.29 is 18.7 Å². The van der Waals surface area contributed by atoms with Gasteiger partial charge in [-0.3, -0.25) is 9.59 Å². The number of H-pyrrole nitrogens is 1. The maximum Gasteiger partial charge on any atom is 0.333 e. The van der Waals surface area contributed by atoms with Crippen molar-refractivity contribution in [2.75, 3.05) is 12.1 Å². The van der Waals surface area contributed by atoms with Gasteiger partial charge in [-0.2, -0.15) is 0 Å². The summed E-state index contributed by atoms with van der Waals surface area (Å²) >= 11 is 5.72. The van der Waals surface area contributed by atoms with E-state index in [2.05, 4.69) is 10.3 Å². The van der Waals surface area contributed by atoms with Gasteiger partial charge in [0.2, 0.25) is 6.79 Å². The van der Waals surface area contributed by atoms with Crippen LogP contribution in [0.1, 0.15) is 10.4 Å². The number of ether oxygens (including phenoxy) is 2. The molecule has 28 heavy (non-hydrogen) atoms. The first kappa shape index (κ1) is 17.8. The molecule has 1 aliphatic heterocycles. The summed E-state index contributed by atoms with van der Waals surface area (Å²) in [7, 11) is 0. The van der Waals surface area contributed by atoms with Crippen LogP contribution in [0, 0.1) is 5.82 Å². The van der Waals surface area contributed by atoms with Crippen LogP contribution >= 0.6 is 11.6 Å². The molecular weight excluding hydrogens is 393 g/mol. The molecule has 0 bridgehead atoms. The first-order valence-corrected chi connectivity index (χ1v) is 8.33. The molecule has 1 aliphatic rings. The number of nitrogens with one attached hydrogen (secondary N) is 2. The normalized spacial score (nSPS) is 12.1. The fourth-order valence-electron chi connectivity index (χ4n) is 2.67. The Hall–Kier alpha value is -3.59. The highest BCUT2D eigenvalue weighted by atomic mass is 35.5. The van der Waals surface area contributed by atoms with Gasteiger partial charge in [0.25, 0.3) is 11.5 Å². The molecule has 2 heterocycles. The van der Waals surface area contributed by atoms with Gasteiger partial charge in [-0.05, 0) is 30.3 Å². The van der Waals surface area contributed by atoms with Crippen LogP contribution in [-0.4, -0.2) is 22.3 Å². The first-order chi connectivity index (χ1) is 13.4. The van der Waals surface area contributed by atoms with Crippen LogP contribution in [-0.2, 0) is 0 Å². The number of carbonyl (C=O) groups is 1. The number of anilines is 1. The Morgan fingerprint density at radius 1 is 1.14 bits per heavy atom. The second-order valence-corrected chi connectivity index (χ2v) is 6.18. The number of hydrogen-bond donors (Lipinski definition) is 2. The van der Waals surface area contributed by atoms with Crippen molar-refractivity contribution in [1.29, 1.82) is 0 Å². The average Bonchev–Trinajstić information content (AvgIpc) is 3.12. The molecule has 0 aliphatic carbocycles. The predicted molar refractivity (Wildman–Crippen MR) is 98.1 cm³/mol. The van der Waals surface area contributed by atoms with E-state index in [0.717, 1.165) is 18.3 Å². The Labute approximate surface area is 161 Å². The Balaban J connectivity index is 1.70. The number of benzene rings is 2. The standard InChI is InChI=1S/C18H11ClFN3O5/c19-12-6-10(2-3-13(12)20)23-17(25)11(7-21-18(23)26)16(24)22-9-1-4-14-15(5-9)28-8-27-14/h1-7H,8H2,(H,21,26)(H,22,24). The average molecular weight is 404 g/mol. The number of fused-ring (bicyclic) bond motifs is 1. The zero-order chi connectivity index (χ0) is 19.8. The molecule has 0 radical (unpaired) electrons. The molecule has 0 spiro atoms. The Morgan fingerprint density at radius 2 is 1.93 bits per heavy atom. The van der Waals surface area contributed by atoms with Gasteiger partial charge in [0.05, 0.1) is 10.7 Å². The molecule has 0 saturated heterocycles. The quantitative estimate of drug-likeness (QED) is 0.698. The molecule has 142 valence electrons. The maximum atomic E-state index is 13.4. The molecule has 3 aromatic rings. The first-order valence-electron chi connectivity index (χ1n) is 7.95. The summed E-state index contributed by atoms with van der Waals surface area (Å²) in [6.07, 6.45) is 1.01. The molecular formula is C18H11ClFN3O5. The van der Waals surface area contributed by atoms with Crippen molar-refractivity contribution in [3.05, 3.63) is 79.8 Å². The predicted octanol–water partition coefficient (Wildman–Crippen LogP) is 2.30. The van der Waals surface area contributed by atoms with Crippen LogP contribution in [0.4, 0.5) is 10.1 Å². The summed E-state index contributed by atoms with van der Waals surface area (Å²) in [5.74, 6) is -0.455. The van der Waals surface area contributed by atoms with E-state index in [0.29, 0.717) is 21.8 Å². The Morgan fingerprint density at radius 3 is 2.71 bits per heavy atom. The number of aromatic nitrogens is 2. The van der Waals surface area contributed by atoms with Gasteiger partial charge < -0.3 is 19.8 Å². The minimum atomic E-state index is -0.885. The van der Waals surface area contributed by atoms with Crippen LogP contribution in [0.5, 0.6) is 11.5 Å². The van der Waals surface area contributed by atoms with Crippen molar-refractivity contribution in [2.45, 2.75) is 0 Å². The highest BCUT2D eigenvalue weighted by Crippen LogP contribution is 2.34. The molecule has 1 amide bonds. The van der Waals surface area contributed by atoms with Gasteiger partial charge in [-0.25, -0.2) is 13.8 Å². The number of halogens is 2. The molecule has 8 nitrogen and oxygen atoms in total. The number of aromatic amines is 1. The SMILES string of the molecule is O=C(Nc1ccc2c(c1)OCO2)c1c[nH]c(=O)n(-c2ccc(F)c(Cl)c2)c1=O. The Bertz CT molecular complexity index is 1220. The Kier molecular flexibility index (Phi) is 4.36.